The quantitative estimate of drug-likeness (QED) is 0.509. The van der Waals surface area contributed by atoms with Gasteiger partial charge >= 0.3 is 3.92 Å². The van der Waals surface area contributed by atoms with Crippen molar-refractivity contribution in [3.8, 4) is 5.69 Å². The Hall–Kier alpha value is -0.0400. The average molecular weight is 410 g/mol. The van der Waals surface area contributed by atoms with Crippen LogP contribution in [0.4, 0.5) is 10.2 Å². The number of anilines is 1. The molecule has 21 heavy (non-hydrogen) atoms. The first-order valence-corrected chi connectivity index (χ1v) is 8.06. The largest absolute Gasteiger partial charge is 0.383 e. The van der Waals surface area contributed by atoms with Crippen molar-refractivity contribution in [1.82, 2.24) is 9.78 Å². The molecular formula is C11H7Cl5FN3S. The first kappa shape index (κ1) is 17.3. The third kappa shape index (κ3) is 3.84. The Morgan fingerprint density at radius 2 is 1.76 bits per heavy atom. The van der Waals surface area contributed by atoms with E-state index in [2.05, 4.69) is 5.10 Å². The fourth-order valence-corrected chi connectivity index (χ4v) is 3.73. The highest BCUT2D eigenvalue weighted by molar-refractivity contribution is 8.03. The summed E-state index contributed by atoms with van der Waals surface area (Å²) in [6.45, 7) is 1.63. The van der Waals surface area contributed by atoms with E-state index in [1.165, 1.54) is 16.8 Å². The Labute approximate surface area is 149 Å². The van der Waals surface area contributed by atoms with E-state index in [1.807, 2.05) is 0 Å². The summed E-state index contributed by atoms with van der Waals surface area (Å²) in [6.07, 6.45) is 0. The first-order valence-electron chi connectivity index (χ1n) is 5.36. The Bertz CT molecular complexity index is 675. The van der Waals surface area contributed by atoms with Gasteiger partial charge < -0.3 is 5.73 Å². The third-order valence-corrected chi connectivity index (χ3v) is 4.65. The van der Waals surface area contributed by atoms with Crippen molar-refractivity contribution in [1.29, 1.82) is 0 Å². The number of rotatable bonds is 3. The molecule has 0 aliphatic heterocycles. The number of nitrogen functional groups attached to an aromatic ring is 1. The maximum absolute atomic E-state index is 13.4. The number of nitrogens with zero attached hydrogens (tertiary/aromatic N) is 2. The van der Waals surface area contributed by atoms with E-state index in [1.54, 1.807) is 6.92 Å². The van der Waals surface area contributed by atoms with Crippen LogP contribution in [0, 0.1) is 6.92 Å². The van der Waals surface area contributed by atoms with Gasteiger partial charge in [-0.25, -0.2) is 4.68 Å². The van der Waals surface area contributed by atoms with E-state index < -0.39 is 3.92 Å². The number of alkyl halides is 3. The Kier molecular flexibility index (Phi) is 5.13. The van der Waals surface area contributed by atoms with Gasteiger partial charge in [-0.15, -0.1) is 0 Å². The molecule has 0 aliphatic rings. The van der Waals surface area contributed by atoms with Crippen LogP contribution in [0.25, 0.3) is 5.69 Å². The maximum Gasteiger partial charge on any atom is 0.309 e. The fraction of sp³-hybridized carbons (Fsp3) is 0.182. The molecule has 1 aromatic carbocycles. The lowest BCUT2D eigenvalue weighted by Gasteiger charge is -2.11. The normalized spacial score (nSPS) is 12.0. The predicted molar refractivity (Wildman–Crippen MR) is 89.1 cm³/mol. The molecule has 3 nitrogen and oxygen atoms in total. The lowest BCUT2D eigenvalue weighted by molar-refractivity contribution is 0.515. The van der Waals surface area contributed by atoms with Gasteiger partial charge in [-0.05, 0) is 30.8 Å². The minimum atomic E-state index is -2.53. The molecule has 1 aromatic heterocycles. The number of nitrogens with two attached hydrogens (primary N) is 1. The smallest absolute Gasteiger partial charge is 0.309 e. The number of thioether (sulfide) groups is 1. The summed E-state index contributed by atoms with van der Waals surface area (Å²) in [6, 6.07) is 2.99. The van der Waals surface area contributed by atoms with Crippen LogP contribution in [0.5, 0.6) is 0 Å². The zero-order chi connectivity index (χ0) is 15.9. The second kappa shape index (κ2) is 6.22. The van der Waals surface area contributed by atoms with Gasteiger partial charge in [-0.1, -0.05) is 58.0 Å². The lowest BCUT2D eigenvalue weighted by atomic mass is 10.3. The van der Waals surface area contributed by atoms with E-state index in [0.717, 1.165) is 0 Å². The summed E-state index contributed by atoms with van der Waals surface area (Å²) in [4.78, 5) is 0.296. The van der Waals surface area contributed by atoms with Gasteiger partial charge in [-0.2, -0.15) is 9.49 Å². The van der Waals surface area contributed by atoms with Crippen molar-refractivity contribution in [2.45, 2.75) is 15.7 Å². The molecule has 2 N–H and O–H groups in total. The Balaban J connectivity index is 2.60. The van der Waals surface area contributed by atoms with Crippen LogP contribution in [0.2, 0.25) is 15.1 Å². The van der Waals surface area contributed by atoms with Crippen LogP contribution in [0.1, 0.15) is 5.69 Å². The van der Waals surface area contributed by atoms with E-state index in [-0.39, 0.29) is 15.9 Å². The lowest BCUT2D eigenvalue weighted by Crippen LogP contribution is -2.04. The van der Waals surface area contributed by atoms with Crippen molar-refractivity contribution < 1.29 is 4.39 Å². The molecule has 1 heterocycles. The predicted octanol–water partition coefficient (Wildman–Crippen LogP) is 5.87. The molecule has 0 aliphatic carbocycles. The van der Waals surface area contributed by atoms with Gasteiger partial charge in [0.15, 0.2) is 0 Å². The van der Waals surface area contributed by atoms with E-state index in [9.17, 15) is 4.39 Å². The summed E-state index contributed by atoms with van der Waals surface area (Å²) < 4.78 is 12.2. The number of benzene rings is 1. The van der Waals surface area contributed by atoms with Crippen molar-refractivity contribution >= 4 is 75.6 Å². The summed E-state index contributed by atoms with van der Waals surface area (Å²) in [7, 11) is 0. The van der Waals surface area contributed by atoms with Crippen molar-refractivity contribution in [3.63, 3.8) is 0 Å². The molecule has 0 radical (unpaired) electrons. The molecule has 0 fully saturated rings. The molecule has 0 saturated carbocycles. The molecular weight excluding hydrogens is 402 g/mol. The van der Waals surface area contributed by atoms with Gasteiger partial charge in [0.25, 0.3) is 0 Å². The maximum atomic E-state index is 13.4. The van der Waals surface area contributed by atoms with Crippen molar-refractivity contribution in [2.75, 3.05) is 5.73 Å². The average Bonchev–Trinajstić information content (AvgIpc) is 2.54. The number of halogens is 6. The topological polar surface area (TPSA) is 43.8 Å². The van der Waals surface area contributed by atoms with Gasteiger partial charge in [0.05, 0.1) is 20.6 Å². The van der Waals surface area contributed by atoms with Gasteiger partial charge in [0, 0.05) is 5.02 Å². The zero-order valence-electron chi connectivity index (χ0n) is 10.3. The standard InChI is InChI=1S/C11H7Cl5FN3S/c1-4-9(21-11(15,16)17)10(18)20(19-4)8-6(13)2-5(12)3-7(8)14/h2-3H,18H2,1H3. The molecule has 10 heteroatoms. The second-order valence-electron chi connectivity index (χ2n) is 3.98. The molecule has 2 rings (SSSR count). The van der Waals surface area contributed by atoms with Crippen LogP contribution in [0.15, 0.2) is 17.0 Å². The second-order valence-corrected chi connectivity index (χ2v) is 8.09. The molecule has 2 aromatic rings. The van der Waals surface area contributed by atoms with Crippen molar-refractivity contribution in [3.05, 3.63) is 32.9 Å². The van der Waals surface area contributed by atoms with E-state index in [0.29, 0.717) is 33.1 Å². The summed E-state index contributed by atoms with van der Waals surface area (Å²) in [5.41, 5.74) is 6.73. The van der Waals surface area contributed by atoms with Crippen LogP contribution < -0.4 is 5.73 Å². The van der Waals surface area contributed by atoms with E-state index >= 15 is 0 Å². The van der Waals surface area contributed by atoms with Gasteiger partial charge in [-0.3, -0.25) is 0 Å². The third-order valence-electron chi connectivity index (χ3n) is 2.45. The van der Waals surface area contributed by atoms with Crippen LogP contribution >= 0.6 is 69.8 Å². The number of hydrogen-bond acceptors (Lipinski definition) is 3. The number of aryl methyl sites for hydroxylation is 1. The molecule has 0 saturated heterocycles. The minimum Gasteiger partial charge on any atom is -0.383 e. The molecule has 0 spiro atoms. The molecule has 0 amide bonds. The van der Waals surface area contributed by atoms with Crippen molar-refractivity contribution in [2.24, 2.45) is 0 Å². The van der Waals surface area contributed by atoms with Gasteiger partial charge in [0.2, 0.25) is 0 Å². The highest BCUT2D eigenvalue weighted by atomic mass is 35.5. The summed E-state index contributed by atoms with van der Waals surface area (Å²) in [5, 5.41) is 5.06. The molecule has 0 bridgehead atoms. The zero-order valence-corrected chi connectivity index (χ0v) is 14.9. The molecule has 0 unspecified atom stereocenters. The summed E-state index contributed by atoms with van der Waals surface area (Å²) >= 11 is 29.3. The van der Waals surface area contributed by atoms with Crippen LogP contribution in [0.3, 0.4) is 0 Å². The highest BCUT2D eigenvalue weighted by Crippen LogP contribution is 2.46. The molecule has 114 valence electrons. The van der Waals surface area contributed by atoms with E-state index in [4.69, 9.17) is 63.7 Å². The Morgan fingerprint density at radius 1 is 1.24 bits per heavy atom. The monoisotopic (exact) mass is 407 g/mol. The summed E-state index contributed by atoms with van der Waals surface area (Å²) in [5.74, 6) is 0.118. The SMILES string of the molecule is Cc1nn(-c2c(Cl)cc(Cl)cc2Cl)c(N)c1SC(F)(Cl)Cl. The van der Waals surface area contributed by atoms with Crippen LogP contribution in [-0.2, 0) is 0 Å². The van der Waals surface area contributed by atoms with Crippen LogP contribution in [-0.4, -0.2) is 13.7 Å². The minimum absolute atomic E-state index is 0.118. The Morgan fingerprint density at radius 3 is 2.24 bits per heavy atom. The number of aromatic nitrogens is 2. The highest BCUT2D eigenvalue weighted by Gasteiger charge is 2.29. The first-order chi connectivity index (χ1) is 9.60. The fourth-order valence-electron chi connectivity index (χ4n) is 1.68. The molecule has 0 atom stereocenters. The van der Waals surface area contributed by atoms with Gasteiger partial charge in [0.1, 0.15) is 11.5 Å². The number of hydrogen-bond donors (Lipinski definition) is 1.